The highest BCUT2D eigenvalue weighted by Gasteiger charge is 2.15. The maximum Gasteiger partial charge on any atom is 0.251 e. The number of amides is 1. The van der Waals surface area contributed by atoms with Gasteiger partial charge in [-0.05, 0) is 49.6 Å². The molecule has 3 N–H and O–H groups in total. The van der Waals surface area contributed by atoms with Crippen LogP contribution in [0.15, 0.2) is 52.1 Å². The van der Waals surface area contributed by atoms with Crippen LogP contribution < -0.4 is 16.0 Å². The van der Waals surface area contributed by atoms with Crippen LogP contribution in [0.1, 0.15) is 41.4 Å². The summed E-state index contributed by atoms with van der Waals surface area (Å²) < 4.78 is 16.4. The summed E-state index contributed by atoms with van der Waals surface area (Å²) in [7, 11) is 0. The van der Waals surface area contributed by atoms with Gasteiger partial charge in [-0.3, -0.25) is 4.79 Å². The Morgan fingerprint density at radius 2 is 2.12 bits per heavy atom. The first-order valence-electron chi connectivity index (χ1n) is 11.3. The summed E-state index contributed by atoms with van der Waals surface area (Å²) in [5.41, 5.74) is 1.57. The first-order valence-corrected chi connectivity index (χ1v) is 11.3. The summed E-state index contributed by atoms with van der Waals surface area (Å²) >= 11 is 0. The van der Waals surface area contributed by atoms with Gasteiger partial charge in [0, 0.05) is 37.8 Å². The molecule has 0 saturated carbocycles. The number of hydrogen-bond donors (Lipinski definition) is 3. The van der Waals surface area contributed by atoms with Crippen LogP contribution in [0.4, 0.5) is 0 Å². The molecule has 0 spiro atoms. The average Bonchev–Trinajstić information content (AvgIpc) is 3.52. The zero-order chi connectivity index (χ0) is 22.4. The SMILES string of the molecule is CCNC(=NCc1cccc(C(=O)NCc2ccco2)c1)NCCCOCC1CCOC1.I. The summed E-state index contributed by atoms with van der Waals surface area (Å²) in [5.74, 6) is 1.88. The fourth-order valence-electron chi connectivity index (χ4n) is 3.35. The number of carbonyl (C=O) groups excluding carboxylic acids is 1. The van der Waals surface area contributed by atoms with E-state index in [0.717, 1.165) is 69.6 Å². The van der Waals surface area contributed by atoms with E-state index in [1.165, 1.54) is 0 Å². The molecule has 182 valence electrons. The van der Waals surface area contributed by atoms with Crippen LogP contribution in [0.5, 0.6) is 0 Å². The van der Waals surface area contributed by atoms with Gasteiger partial charge >= 0.3 is 0 Å². The van der Waals surface area contributed by atoms with Gasteiger partial charge < -0.3 is 29.8 Å². The van der Waals surface area contributed by atoms with Crippen molar-refractivity contribution in [3.8, 4) is 0 Å². The average molecular weight is 570 g/mol. The lowest BCUT2D eigenvalue weighted by Gasteiger charge is -2.12. The molecule has 1 saturated heterocycles. The molecule has 2 heterocycles. The van der Waals surface area contributed by atoms with Crippen molar-refractivity contribution in [1.29, 1.82) is 0 Å². The van der Waals surface area contributed by atoms with Gasteiger partial charge in [-0.25, -0.2) is 4.99 Å². The van der Waals surface area contributed by atoms with Crippen LogP contribution in [0.25, 0.3) is 0 Å². The van der Waals surface area contributed by atoms with Gasteiger partial charge in [0.1, 0.15) is 5.76 Å². The summed E-state index contributed by atoms with van der Waals surface area (Å²) in [5, 5.41) is 9.45. The molecule has 0 bridgehead atoms. The standard InChI is InChI=1S/C24H34N4O4.HI/c1-2-25-24(26-10-5-11-30-17-20-9-13-31-18-20)28-15-19-6-3-7-21(14-19)23(29)27-16-22-8-4-12-32-22;/h3-4,6-8,12,14,20H,2,5,9-11,13,15-18H2,1H3,(H,27,29)(H2,25,26,28);1H. The molecule has 9 heteroatoms. The summed E-state index contributed by atoms with van der Waals surface area (Å²) in [4.78, 5) is 17.1. The maximum atomic E-state index is 12.4. The van der Waals surface area contributed by atoms with E-state index in [9.17, 15) is 4.79 Å². The topological polar surface area (TPSA) is 97.1 Å². The van der Waals surface area contributed by atoms with E-state index in [4.69, 9.17) is 13.9 Å². The number of benzene rings is 1. The molecule has 1 aromatic heterocycles. The Morgan fingerprint density at radius 3 is 2.88 bits per heavy atom. The fraction of sp³-hybridized carbons (Fsp3) is 0.500. The Morgan fingerprint density at radius 1 is 1.21 bits per heavy atom. The Kier molecular flexibility index (Phi) is 12.9. The van der Waals surface area contributed by atoms with Gasteiger partial charge in [0.25, 0.3) is 5.91 Å². The number of rotatable bonds is 12. The highest BCUT2D eigenvalue weighted by molar-refractivity contribution is 14.0. The summed E-state index contributed by atoms with van der Waals surface area (Å²) in [6.07, 6.45) is 3.60. The normalized spacial score (nSPS) is 15.7. The van der Waals surface area contributed by atoms with Crippen molar-refractivity contribution < 1.29 is 18.7 Å². The molecule has 1 aliphatic rings. The Hall–Kier alpha value is -2.11. The Bertz CT molecular complexity index is 839. The van der Waals surface area contributed by atoms with E-state index in [1.54, 1.807) is 18.4 Å². The molecule has 0 radical (unpaired) electrons. The minimum atomic E-state index is -0.138. The first-order chi connectivity index (χ1) is 15.7. The van der Waals surface area contributed by atoms with Crippen molar-refractivity contribution >= 4 is 35.8 Å². The molecular formula is C24H35IN4O4. The van der Waals surface area contributed by atoms with Gasteiger partial charge in [-0.2, -0.15) is 0 Å². The quantitative estimate of drug-likeness (QED) is 0.157. The van der Waals surface area contributed by atoms with Gasteiger partial charge in [-0.15, -0.1) is 24.0 Å². The smallest absolute Gasteiger partial charge is 0.251 e. The minimum Gasteiger partial charge on any atom is -0.467 e. The monoisotopic (exact) mass is 570 g/mol. The van der Waals surface area contributed by atoms with Crippen LogP contribution in [0.3, 0.4) is 0 Å². The van der Waals surface area contributed by atoms with Crippen LogP contribution in [0.2, 0.25) is 0 Å². The van der Waals surface area contributed by atoms with E-state index in [1.807, 2.05) is 31.2 Å². The van der Waals surface area contributed by atoms with Crippen molar-refractivity contribution in [2.24, 2.45) is 10.9 Å². The number of nitrogens with zero attached hydrogens (tertiary/aromatic N) is 1. The number of furan rings is 1. The molecule has 8 nitrogen and oxygen atoms in total. The van der Waals surface area contributed by atoms with Crippen molar-refractivity contribution in [3.63, 3.8) is 0 Å². The maximum absolute atomic E-state index is 12.4. The summed E-state index contributed by atoms with van der Waals surface area (Å²) in [6.45, 7) is 7.61. The molecule has 0 aliphatic carbocycles. The van der Waals surface area contributed by atoms with E-state index >= 15 is 0 Å². The second-order valence-electron chi connectivity index (χ2n) is 7.74. The molecule has 33 heavy (non-hydrogen) atoms. The minimum absolute atomic E-state index is 0. The fourth-order valence-corrected chi connectivity index (χ4v) is 3.35. The molecule has 1 aliphatic heterocycles. The highest BCUT2D eigenvalue weighted by atomic mass is 127. The van der Waals surface area contributed by atoms with E-state index in [0.29, 0.717) is 24.6 Å². The van der Waals surface area contributed by atoms with Crippen molar-refractivity contribution in [3.05, 3.63) is 59.5 Å². The molecule has 1 amide bonds. The number of hydrogen-bond acceptors (Lipinski definition) is 5. The third-order valence-electron chi connectivity index (χ3n) is 5.09. The first kappa shape index (κ1) is 27.1. The lowest BCUT2D eigenvalue weighted by atomic mass is 10.1. The molecule has 1 atom stereocenters. The molecule has 1 fully saturated rings. The number of aliphatic imine (C=N–C) groups is 1. The van der Waals surface area contributed by atoms with Crippen LogP contribution >= 0.6 is 24.0 Å². The molecule has 1 unspecified atom stereocenters. The van der Waals surface area contributed by atoms with Gasteiger partial charge in [0.2, 0.25) is 0 Å². The number of carbonyl (C=O) groups is 1. The second-order valence-corrected chi connectivity index (χ2v) is 7.74. The van der Waals surface area contributed by atoms with E-state index in [2.05, 4.69) is 20.9 Å². The largest absolute Gasteiger partial charge is 0.467 e. The van der Waals surface area contributed by atoms with Crippen LogP contribution in [0, 0.1) is 5.92 Å². The van der Waals surface area contributed by atoms with Gasteiger partial charge in [0.05, 0.1) is 32.6 Å². The zero-order valence-electron chi connectivity index (χ0n) is 19.2. The van der Waals surface area contributed by atoms with Crippen LogP contribution in [-0.4, -0.2) is 51.4 Å². The molecule has 2 aromatic rings. The number of guanidine groups is 1. The lowest BCUT2D eigenvalue weighted by molar-refractivity contribution is 0.0888. The van der Waals surface area contributed by atoms with Crippen molar-refractivity contribution in [2.45, 2.75) is 32.9 Å². The van der Waals surface area contributed by atoms with Gasteiger partial charge in [0.15, 0.2) is 5.96 Å². The summed E-state index contributed by atoms with van der Waals surface area (Å²) in [6, 6.07) is 11.1. The van der Waals surface area contributed by atoms with E-state index < -0.39 is 0 Å². The number of halogens is 1. The number of nitrogens with one attached hydrogen (secondary N) is 3. The van der Waals surface area contributed by atoms with Gasteiger partial charge in [-0.1, -0.05) is 12.1 Å². The predicted molar refractivity (Wildman–Crippen MR) is 139 cm³/mol. The second kappa shape index (κ2) is 15.7. The Labute approximate surface area is 212 Å². The van der Waals surface area contributed by atoms with Crippen LogP contribution in [-0.2, 0) is 22.6 Å². The molecular weight excluding hydrogens is 535 g/mol. The van der Waals surface area contributed by atoms with Crippen molar-refractivity contribution in [2.75, 3.05) is 39.5 Å². The molecule has 1 aromatic carbocycles. The molecule has 3 rings (SSSR count). The van der Waals surface area contributed by atoms with Crippen molar-refractivity contribution in [1.82, 2.24) is 16.0 Å². The predicted octanol–water partition coefficient (Wildman–Crippen LogP) is 3.33. The van der Waals surface area contributed by atoms with E-state index in [-0.39, 0.29) is 29.9 Å². The third kappa shape index (κ3) is 10.1. The Balaban J connectivity index is 0.00000385. The number of ether oxygens (including phenoxy) is 2. The highest BCUT2D eigenvalue weighted by Crippen LogP contribution is 2.12. The third-order valence-corrected chi connectivity index (χ3v) is 5.09. The lowest BCUT2D eigenvalue weighted by Crippen LogP contribution is -2.38. The zero-order valence-corrected chi connectivity index (χ0v) is 21.5.